The SMILES string of the molecule is Nc1nc(C(=O)NC2COCC2C(=O)O)cs1. The first-order valence-electron chi connectivity index (χ1n) is 4.90. The van der Waals surface area contributed by atoms with E-state index >= 15 is 0 Å². The lowest BCUT2D eigenvalue weighted by Crippen LogP contribution is -2.42. The highest BCUT2D eigenvalue weighted by Crippen LogP contribution is 2.16. The number of amides is 1. The number of carbonyl (C=O) groups is 2. The van der Waals surface area contributed by atoms with Gasteiger partial charge in [0, 0.05) is 5.38 Å². The second-order valence-corrected chi connectivity index (χ2v) is 4.52. The van der Waals surface area contributed by atoms with Gasteiger partial charge in [0.25, 0.3) is 5.91 Å². The van der Waals surface area contributed by atoms with Gasteiger partial charge in [0.15, 0.2) is 5.13 Å². The molecule has 0 spiro atoms. The van der Waals surface area contributed by atoms with Gasteiger partial charge >= 0.3 is 5.97 Å². The number of carboxylic acids is 1. The number of aromatic nitrogens is 1. The zero-order valence-electron chi connectivity index (χ0n) is 8.75. The first-order chi connectivity index (χ1) is 8.08. The third-order valence-electron chi connectivity index (χ3n) is 2.47. The lowest BCUT2D eigenvalue weighted by atomic mass is 10.0. The van der Waals surface area contributed by atoms with Crippen LogP contribution in [0, 0.1) is 5.92 Å². The number of rotatable bonds is 3. The predicted molar refractivity (Wildman–Crippen MR) is 59.7 cm³/mol. The van der Waals surface area contributed by atoms with E-state index in [9.17, 15) is 9.59 Å². The van der Waals surface area contributed by atoms with Crippen LogP contribution in [0.25, 0.3) is 0 Å². The minimum absolute atomic E-state index is 0.111. The van der Waals surface area contributed by atoms with Crippen LogP contribution in [0.5, 0.6) is 0 Å². The molecule has 7 nitrogen and oxygen atoms in total. The molecule has 8 heteroatoms. The van der Waals surface area contributed by atoms with Gasteiger partial charge in [-0.25, -0.2) is 4.98 Å². The lowest BCUT2D eigenvalue weighted by molar-refractivity contribution is -0.142. The van der Waals surface area contributed by atoms with Crippen LogP contribution in [-0.2, 0) is 9.53 Å². The molecule has 1 amide bonds. The summed E-state index contributed by atoms with van der Waals surface area (Å²) in [6.07, 6.45) is 0. The third-order valence-corrected chi connectivity index (χ3v) is 3.14. The van der Waals surface area contributed by atoms with E-state index in [1.165, 1.54) is 5.38 Å². The topological polar surface area (TPSA) is 115 Å². The maximum absolute atomic E-state index is 11.7. The molecule has 0 aliphatic carbocycles. The summed E-state index contributed by atoms with van der Waals surface area (Å²) in [5.41, 5.74) is 5.61. The first-order valence-corrected chi connectivity index (χ1v) is 5.78. The van der Waals surface area contributed by atoms with Crippen molar-refractivity contribution < 1.29 is 19.4 Å². The van der Waals surface area contributed by atoms with Gasteiger partial charge in [0.05, 0.1) is 19.3 Å². The van der Waals surface area contributed by atoms with E-state index in [1.807, 2.05) is 0 Å². The highest BCUT2D eigenvalue weighted by molar-refractivity contribution is 7.13. The van der Waals surface area contributed by atoms with E-state index in [-0.39, 0.29) is 18.9 Å². The van der Waals surface area contributed by atoms with E-state index < -0.39 is 23.8 Å². The summed E-state index contributed by atoms with van der Waals surface area (Å²) in [4.78, 5) is 26.4. The van der Waals surface area contributed by atoms with Gasteiger partial charge in [0.2, 0.25) is 0 Å². The molecule has 0 saturated carbocycles. The number of nitrogen functional groups attached to an aromatic ring is 1. The van der Waals surface area contributed by atoms with Crippen molar-refractivity contribution in [1.82, 2.24) is 10.3 Å². The summed E-state index contributed by atoms with van der Waals surface area (Å²) >= 11 is 1.16. The number of carboxylic acid groups (broad SMARTS) is 1. The van der Waals surface area contributed by atoms with Crippen LogP contribution in [0.15, 0.2) is 5.38 Å². The number of carbonyl (C=O) groups excluding carboxylic acids is 1. The van der Waals surface area contributed by atoms with Gasteiger partial charge in [-0.3, -0.25) is 9.59 Å². The van der Waals surface area contributed by atoms with Crippen molar-refractivity contribution in [2.24, 2.45) is 5.92 Å². The van der Waals surface area contributed by atoms with Crippen molar-refractivity contribution in [1.29, 1.82) is 0 Å². The molecule has 1 saturated heterocycles. The molecule has 0 aromatic carbocycles. The monoisotopic (exact) mass is 257 g/mol. The number of ether oxygens (including phenoxy) is 1. The van der Waals surface area contributed by atoms with Crippen molar-refractivity contribution in [3.63, 3.8) is 0 Å². The summed E-state index contributed by atoms with van der Waals surface area (Å²) in [7, 11) is 0. The second kappa shape index (κ2) is 4.68. The molecule has 0 bridgehead atoms. The zero-order valence-corrected chi connectivity index (χ0v) is 9.57. The van der Waals surface area contributed by atoms with E-state index in [2.05, 4.69) is 10.3 Å². The molecule has 1 aromatic heterocycles. The fraction of sp³-hybridized carbons (Fsp3) is 0.444. The van der Waals surface area contributed by atoms with Crippen molar-refractivity contribution in [2.45, 2.75) is 6.04 Å². The van der Waals surface area contributed by atoms with Crippen LogP contribution >= 0.6 is 11.3 Å². The molecule has 2 atom stereocenters. The molecule has 2 unspecified atom stereocenters. The normalized spacial score (nSPS) is 23.5. The number of thiazole rings is 1. The van der Waals surface area contributed by atoms with Crippen molar-refractivity contribution in [3.05, 3.63) is 11.1 Å². The van der Waals surface area contributed by atoms with Gasteiger partial charge in [-0.1, -0.05) is 0 Å². The maximum Gasteiger partial charge on any atom is 0.311 e. The Morgan fingerprint density at radius 3 is 2.94 bits per heavy atom. The lowest BCUT2D eigenvalue weighted by Gasteiger charge is -2.14. The van der Waals surface area contributed by atoms with Gasteiger partial charge in [0.1, 0.15) is 11.6 Å². The summed E-state index contributed by atoms with van der Waals surface area (Å²) in [6.45, 7) is 0.307. The molecule has 1 fully saturated rings. The Labute approximate surface area is 101 Å². The summed E-state index contributed by atoms with van der Waals surface area (Å²) < 4.78 is 5.03. The predicted octanol–water partition coefficient (Wildman–Crippen LogP) is -0.445. The highest BCUT2D eigenvalue weighted by atomic mass is 32.1. The van der Waals surface area contributed by atoms with E-state index in [4.69, 9.17) is 15.6 Å². The minimum atomic E-state index is -0.981. The average Bonchev–Trinajstić information content (AvgIpc) is 2.86. The van der Waals surface area contributed by atoms with Crippen LogP contribution in [0.1, 0.15) is 10.5 Å². The molecule has 2 rings (SSSR count). The maximum atomic E-state index is 11.7. The minimum Gasteiger partial charge on any atom is -0.481 e. The Bertz CT molecular complexity index is 447. The Morgan fingerprint density at radius 1 is 1.59 bits per heavy atom. The number of nitrogens with two attached hydrogens (primary N) is 1. The van der Waals surface area contributed by atoms with Gasteiger partial charge < -0.3 is 20.9 Å². The highest BCUT2D eigenvalue weighted by Gasteiger charge is 2.35. The van der Waals surface area contributed by atoms with Gasteiger partial charge in [-0.15, -0.1) is 11.3 Å². The van der Waals surface area contributed by atoms with Crippen LogP contribution < -0.4 is 11.1 Å². The zero-order chi connectivity index (χ0) is 12.4. The molecule has 1 aliphatic rings. The number of nitrogens with zero attached hydrogens (tertiary/aromatic N) is 1. The molecular formula is C9H11N3O4S. The van der Waals surface area contributed by atoms with Crippen molar-refractivity contribution in [2.75, 3.05) is 18.9 Å². The second-order valence-electron chi connectivity index (χ2n) is 3.63. The fourth-order valence-electron chi connectivity index (χ4n) is 1.57. The Hall–Kier alpha value is -1.67. The molecular weight excluding hydrogens is 246 g/mol. The quantitative estimate of drug-likeness (QED) is 0.676. The van der Waals surface area contributed by atoms with E-state index in [0.717, 1.165) is 11.3 Å². The van der Waals surface area contributed by atoms with Crippen LogP contribution in [-0.4, -0.2) is 41.2 Å². The smallest absolute Gasteiger partial charge is 0.311 e. The Balaban J connectivity index is 2.01. The molecule has 1 aliphatic heterocycles. The van der Waals surface area contributed by atoms with Gasteiger partial charge in [-0.2, -0.15) is 0 Å². The Kier molecular flexibility index (Phi) is 3.25. The van der Waals surface area contributed by atoms with Crippen LogP contribution in [0.2, 0.25) is 0 Å². The number of nitrogens with one attached hydrogen (secondary N) is 1. The summed E-state index contributed by atoms with van der Waals surface area (Å²) in [5, 5.41) is 13.3. The first kappa shape index (κ1) is 11.8. The van der Waals surface area contributed by atoms with E-state index in [1.54, 1.807) is 0 Å². The number of anilines is 1. The molecule has 2 heterocycles. The molecule has 4 N–H and O–H groups in total. The Morgan fingerprint density at radius 2 is 2.35 bits per heavy atom. The third kappa shape index (κ3) is 2.53. The molecule has 1 aromatic rings. The fourth-order valence-corrected chi connectivity index (χ4v) is 2.12. The molecule has 92 valence electrons. The summed E-state index contributed by atoms with van der Waals surface area (Å²) in [5.74, 6) is -2.12. The standard InChI is InChI=1S/C9H11N3O4S/c10-9-12-6(3-17-9)7(13)11-5-2-16-1-4(5)8(14)15/h3-5H,1-2H2,(H2,10,12)(H,11,13)(H,14,15). The summed E-state index contributed by atoms with van der Waals surface area (Å²) in [6, 6.07) is -0.525. The average molecular weight is 257 g/mol. The van der Waals surface area contributed by atoms with Crippen molar-refractivity contribution in [3.8, 4) is 0 Å². The van der Waals surface area contributed by atoms with Gasteiger partial charge in [-0.05, 0) is 0 Å². The molecule has 17 heavy (non-hydrogen) atoms. The largest absolute Gasteiger partial charge is 0.481 e. The van der Waals surface area contributed by atoms with E-state index in [0.29, 0.717) is 5.13 Å². The van der Waals surface area contributed by atoms with Crippen LogP contribution in [0.3, 0.4) is 0 Å². The van der Waals surface area contributed by atoms with Crippen molar-refractivity contribution >= 4 is 28.3 Å². The number of hydrogen-bond acceptors (Lipinski definition) is 6. The number of hydrogen-bond donors (Lipinski definition) is 3. The molecule has 0 radical (unpaired) electrons. The van der Waals surface area contributed by atoms with Crippen LogP contribution in [0.4, 0.5) is 5.13 Å². The number of aliphatic carboxylic acids is 1.